The van der Waals surface area contributed by atoms with Crippen LogP contribution in [0.2, 0.25) is 20.1 Å². The molecule has 0 aromatic heterocycles. The second-order valence-electron chi connectivity index (χ2n) is 6.71. The summed E-state index contributed by atoms with van der Waals surface area (Å²) in [5.41, 5.74) is 0. The minimum absolute atomic E-state index is 0.0474. The van der Waals surface area contributed by atoms with Gasteiger partial charge >= 0.3 is 0 Å². The van der Waals surface area contributed by atoms with Crippen LogP contribution in [0.3, 0.4) is 0 Å². The normalized spacial score (nSPS) is 12.3. The van der Waals surface area contributed by atoms with Gasteiger partial charge in [0, 0.05) is 23.1 Å². The quantitative estimate of drug-likeness (QED) is 0.343. The van der Waals surface area contributed by atoms with E-state index in [1.165, 1.54) is 36.4 Å². The monoisotopic (exact) mass is 546 g/mol. The van der Waals surface area contributed by atoms with Crippen LogP contribution in [0.5, 0.6) is 0 Å². The van der Waals surface area contributed by atoms with Crippen molar-refractivity contribution < 1.29 is 16.8 Å². The van der Waals surface area contributed by atoms with E-state index in [1.807, 2.05) is 0 Å². The Balaban J connectivity index is 1.66. The molecule has 2 rings (SSSR count). The Morgan fingerprint density at radius 1 is 0.581 bits per heavy atom. The maximum atomic E-state index is 12.3. The van der Waals surface area contributed by atoms with Crippen LogP contribution in [0, 0.1) is 0 Å². The van der Waals surface area contributed by atoms with Crippen LogP contribution in [0.1, 0.15) is 32.1 Å². The molecular formula is C19H22Cl4N2O4S2. The van der Waals surface area contributed by atoms with Gasteiger partial charge in [-0.15, -0.1) is 0 Å². The first kappa shape index (κ1) is 26.7. The van der Waals surface area contributed by atoms with E-state index in [4.69, 9.17) is 46.4 Å². The summed E-state index contributed by atoms with van der Waals surface area (Å²) in [5.74, 6) is 0. The molecule has 0 fully saturated rings. The molecule has 172 valence electrons. The zero-order valence-electron chi connectivity index (χ0n) is 16.4. The Kier molecular flexibility index (Phi) is 10.4. The molecule has 0 aliphatic rings. The summed E-state index contributed by atoms with van der Waals surface area (Å²) < 4.78 is 54.2. The van der Waals surface area contributed by atoms with Crippen LogP contribution in [0.15, 0.2) is 46.2 Å². The van der Waals surface area contributed by atoms with Crippen molar-refractivity contribution in [1.82, 2.24) is 9.44 Å². The molecule has 2 aromatic rings. The van der Waals surface area contributed by atoms with Crippen molar-refractivity contribution in [2.24, 2.45) is 0 Å². The topological polar surface area (TPSA) is 92.3 Å². The summed E-state index contributed by atoms with van der Waals surface area (Å²) in [4.78, 5) is -0.0949. The molecule has 0 unspecified atom stereocenters. The average Bonchev–Trinajstić information content (AvgIpc) is 2.70. The Morgan fingerprint density at radius 3 is 1.32 bits per heavy atom. The number of hydrogen-bond donors (Lipinski definition) is 2. The number of sulfonamides is 2. The lowest BCUT2D eigenvalue weighted by molar-refractivity contribution is 0.562. The van der Waals surface area contributed by atoms with Crippen LogP contribution in [0.25, 0.3) is 0 Å². The molecule has 0 atom stereocenters. The lowest BCUT2D eigenvalue weighted by Crippen LogP contribution is -2.25. The smallest absolute Gasteiger partial charge is 0.211 e. The molecule has 0 aliphatic heterocycles. The average molecular weight is 548 g/mol. The SMILES string of the molecule is O=S(=O)(NCCCCCCCNS(=O)(=O)c1cc(Cl)ccc1Cl)c1cc(Cl)ccc1Cl. The maximum absolute atomic E-state index is 12.3. The van der Waals surface area contributed by atoms with Crippen LogP contribution < -0.4 is 9.44 Å². The molecule has 0 amide bonds. The van der Waals surface area contributed by atoms with E-state index >= 15 is 0 Å². The van der Waals surface area contributed by atoms with Gasteiger partial charge in [-0.25, -0.2) is 26.3 Å². The van der Waals surface area contributed by atoms with E-state index in [1.54, 1.807) is 0 Å². The summed E-state index contributed by atoms with van der Waals surface area (Å²) >= 11 is 23.6. The van der Waals surface area contributed by atoms with Gasteiger partial charge in [-0.1, -0.05) is 65.7 Å². The molecule has 0 saturated carbocycles. The van der Waals surface area contributed by atoms with Crippen molar-refractivity contribution >= 4 is 66.5 Å². The Labute approximate surface area is 203 Å². The number of halogens is 4. The van der Waals surface area contributed by atoms with E-state index in [0.29, 0.717) is 12.8 Å². The van der Waals surface area contributed by atoms with E-state index < -0.39 is 20.0 Å². The second-order valence-corrected chi connectivity index (χ2v) is 11.9. The van der Waals surface area contributed by atoms with Crippen molar-refractivity contribution in [2.45, 2.75) is 41.9 Å². The summed E-state index contributed by atoms with van der Waals surface area (Å²) in [5, 5.41) is 0.799. The Hall–Kier alpha value is -0.580. The third-order valence-corrected chi connectivity index (χ3v) is 8.66. The van der Waals surface area contributed by atoms with Gasteiger partial charge in [0.15, 0.2) is 0 Å². The van der Waals surface area contributed by atoms with Gasteiger partial charge in [-0.2, -0.15) is 0 Å². The van der Waals surface area contributed by atoms with Crippen molar-refractivity contribution in [3.8, 4) is 0 Å². The molecule has 6 nitrogen and oxygen atoms in total. The predicted molar refractivity (Wildman–Crippen MR) is 126 cm³/mol. The van der Waals surface area contributed by atoms with E-state index in [2.05, 4.69) is 9.44 Å². The molecule has 0 saturated heterocycles. The fourth-order valence-corrected chi connectivity index (χ4v) is 6.38. The molecule has 0 heterocycles. The lowest BCUT2D eigenvalue weighted by atomic mass is 10.1. The minimum atomic E-state index is -3.73. The first-order valence-electron chi connectivity index (χ1n) is 9.42. The van der Waals surface area contributed by atoms with Gasteiger partial charge in [0.05, 0.1) is 10.0 Å². The summed E-state index contributed by atoms with van der Waals surface area (Å²) in [6, 6.07) is 8.53. The number of hydrogen-bond acceptors (Lipinski definition) is 4. The predicted octanol–water partition coefficient (Wildman–Crippen LogP) is 5.51. The van der Waals surface area contributed by atoms with Crippen molar-refractivity contribution in [1.29, 1.82) is 0 Å². The van der Waals surface area contributed by atoms with Gasteiger partial charge in [-0.05, 0) is 49.2 Å². The first-order valence-corrected chi connectivity index (χ1v) is 13.9. The summed E-state index contributed by atoms with van der Waals surface area (Å²) in [6.45, 7) is 0.538. The van der Waals surface area contributed by atoms with Crippen LogP contribution in [0.4, 0.5) is 0 Å². The van der Waals surface area contributed by atoms with Crippen LogP contribution in [-0.4, -0.2) is 29.9 Å². The molecular weight excluding hydrogens is 526 g/mol. The van der Waals surface area contributed by atoms with Gasteiger partial charge in [0.25, 0.3) is 0 Å². The molecule has 2 aromatic carbocycles. The Morgan fingerprint density at radius 2 is 0.935 bits per heavy atom. The third kappa shape index (κ3) is 8.37. The number of benzene rings is 2. The highest BCUT2D eigenvalue weighted by molar-refractivity contribution is 7.90. The summed E-state index contributed by atoms with van der Waals surface area (Å²) in [6.07, 6.45) is 3.69. The largest absolute Gasteiger partial charge is 0.242 e. The molecule has 0 spiro atoms. The fraction of sp³-hybridized carbons (Fsp3) is 0.368. The maximum Gasteiger partial charge on any atom is 0.242 e. The van der Waals surface area contributed by atoms with E-state index in [-0.39, 0.29) is 43.0 Å². The molecule has 12 heteroatoms. The second kappa shape index (κ2) is 12.0. The number of unbranched alkanes of at least 4 members (excludes halogenated alkanes) is 4. The molecule has 0 radical (unpaired) electrons. The van der Waals surface area contributed by atoms with Gasteiger partial charge in [-0.3, -0.25) is 0 Å². The van der Waals surface area contributed by atoms with Gasteiger partial charge < -0.3 is 0 Å². The Bertz CT molecular complexity index is 1020. The fourth-order valence-electron chi connectivity index (χ4n) is 2.72. The highest BCUT2D eigenvalue weighted by Crippen LogP contribution is 2.25. The van der Waals surface area contributed by atoms with Crippen LogP contribution >= 0.6 is 46.4 Å². The van der Waals surface area contributed by atoms with Crippen molar-refractivity contribution in [3.05, 3.63) is 56.5 Å². The highest BCUT2D eigenvalue weighted by Gasteiger charge is 2.18. The zero-order valence-corrected chi connectivity index (χ0v) is 21.0. The third-order valence-electron chi connectivity index (χ3n) is 4.30. The van der Waals surface area contributed by atoms with Crippen LogP contribution in [-0.2, 0) is 20.0 Å². The molecule has 31 heavy (non-hydrogen) atoms. The zero-order chi connectivity index (χ0) is 23.1. The highest BCUT2D eigenvalue weighted by atomic mass is 35.5. The summed E-state index contributed by atoms with van der Waals surface area (Å²) in [7, 11) is -7.45. The lowest BCUT2D eigenvalue weighted by Gasteiger charge is -2.09. The van der Waals surface area contributed by atoms with Crippen molar-refractivity contribution in [2.75, 3.05) is 13.1 Å². The van der Waals surface area contributed by atoms with Gasteiger partial charge in [0.2, 0.25) is 20.0 Å². The first-order chi connectivity index (χ1) is 14.5. The van der Waals surface area contributed by atoms with E-state index in [0.717, 1.165) is 19.3 Å². The number of rotatable bonds is 12. The minimum Gasteiger partial charge on any atom is -0.211 e. The number of nitrogens with one attached hydrogen (secondary N) is 2. The van der Waals surface area contributed by atoms with E-state index in [9.17, 15) is 16.8 Å². The van der Waals surface area contributed by atoms with Crippen molar-refractivity contribution in [3.63, 3.8) is 0 Å². The molecule has 0 bridgehead atoms. The molecule has 0 aliphatic carbocycles. The molecule has 2 N–H and O–H groups in total. The standard InChI is InChI=1S/C19H22Cl4N2O4S2/c20-14-6-8-16(22)18(12-14)30(26,27)24-10-4-2-1-3-5-11-25-31(28,29)19-13-15(21)7-9-17(19)23/h6-9,12-13,24-25H,1-5,10-11H2. The van der Waals surface area contributed by atoms with Gasteiger partial charge in [0.1, 0.15) is 9.79 Å².